The van der Waals surface area contributed by atoms with Crippen molar-refractivity contribution in [2.45, 2.75) is 13.0 Å². The maximum absolute atomic E-state index is 12.3. The fourth-order valence-corrected chi connectivity index (χ4v) is 4.02. The van der Waals surface area contributed by atoms with Crippen LogP contribution < -0.4 is 15.5 Å². The largest absolute Gasteiger partial charge is 0.506 e. The monoisotopic (exact) mass is 521 g/mol. The van der Waals surface area contributed by atoms with Gasteiger partial charge in [0.1, 0.15) is 18.1 Å². The van der Waals surface area contributed by atoms with Crippen LogP contribution in [0.15, 0.2) is 84.0 Å². The van der Waals surface area contributed by atoms with E-state index in [2.05, 4.69) is 22.8 Å². The van der Waals surface area contributed by atoms with Crippen LogP contribution in [-0.2, 0) is 0 Å². The van der Waals surface area contributed by atoms with Crippen molar-refractivity contribution in [3.8, 4) is 11.5 Å². The van der Waals surface area contributed by atoms with Crippen LogP contribution in [-0.4, -0.2) is 30.4 Å². The standard InChI is InChI=1S/C28H25Cl2N3O3/c1-18(19-6-10-22(29)11-7-19)31-14-15-36-27-13-9-21(23-4-2-3-5-24(23)27)17-32-33-28(35)20-8-12-26(34)25(30)16-20/h2-13,16-18,31,34H,14-15H2,1H3,(H,33,35). The van der Waals surface area contributed by atoms with Crippen molar-refractivity contribution in [3.63, 3.8) is 0 Å². The molecule has 0 heterocycles. The van der Waals surface area contributed by atoms with Crippen molar-refractivity contribution in [1.29, 1.82) is 0 Å². The number of benzene rings is 4. The average Bonchev–Trinajstić information content (AvgIpc) is 2.89. The number of halogens is 2. The molecule has 0 radical (unpaired) electrons. The van der Waals surface area contributed by atoms with E-state index in [-0.39, 0.29) is 16.8 Å². The molecule has 0 fully saturated rings. The minimum atomic E-state index is -0.433. The summed E-state index contributed by atoms with van der Waals surface area (Å²) in [5.41, 5.74) is 4.77. The van der Waals surface area contributed by atoms with E-state index in [0.717, 1.165) is 32.7 Å². The Morgan fingerprint density at radius 2 is 1.78 bits per heavy atom. The summed E-state index contributed by atoms with van der Waals surface area (Å²) in [5.74, 6) is 0.251. The second kappa shape index (κ2) is 11.9. The van der Waals surface area contributed by atoms with Crippen LogP contribution in [0.5, 0.6) is 11.5 Å². The number of phenols is 1. The fourth-order valence-electron chi connectivity index (χ4n) is 3.71. The number of nitrogens with one attached hydrogen (secondary N) is 2. The summed E-state index contributed by atoms with van der Waals surface area (Å²) in [5, 5.41) is 19.8. The number of rotatable bonds is 9. The zero-order valence-corrected chi connectivity index (χ0v) is 21.1. The highest BCUT2D eigenvalue weighted by atomic mass is 35.5. The van der Waals surface area contributed by atoms with Crippen molar-refractivity contribution < 1.29 is 14.6 Å². The number of fused-ring (bicyclic) bond motifs is 1. The van der Waals surface area contributed by atoms with E-state index in [1.165, 1.54) is 18.2 Å². The number of hydrazone groups is 1. The molecule has 0 bridgehead atoms. The molecule has 0 saturated carbocycles. The van der Waals surface area contributed by atoms with Crippen LogP contribution in [0.2, 0.25) is 10.0 Å². The van der Waals surface area contributed by atoms with Gasteiger partial charge in [0, 0.05) is 34.1 Å². The molecular weight excluding hydrogens is 497 g/mol. The number of nitrogens with zero attached hydrogens (tertiary/aromatic N) is 1. The number of amides is 1. The summed E-state index contributed by atoms with van der Waals surface area (Å²) >= 11 is 11.8. The van der Waals surface area contributed by atoms with Crippen molar-refractivity contribution in [1.82, 2.24) is 10.7 Å². The summed E-state index contributed by atoms with van der Waals surface area (Å²) in [6, 6.07) is 23.8. The molecular formula is C28H25Cl2N3O3. The predicted molar refractivity (Wildman–Crippen MR) is 145 cm³/mol. The highest BCUT2D eigenvalue weighted by Crippen LogP contribution is 2.28. The predicted octanol–water partition coefficient (Wildman–Crippen LogP) is 6.35. The molecule has 1 atom stereocenters. The lowest BCUT2D eigenvalue weighted by atomic mass is 10.0. The van der Waals surface area contributed by atoms with Gasteiger partial charge in [0.2, 0.25) is 0 Å². The topological polar surface area (TPSA) is 83.0 Å². The first-order valence-electron chi connectivity index (χ1n) is 11.4. The molecule has 1 amide bonds. The van der Waals surface area contributed by atoms with Gasteiger partial charge in [-0.15, -0.1) is 0 Å². The molecule has 3 N–H and O–H groups in total. The molecule has 0 aliphatic heterocycles. The highest BCUT2D eigenvalue weighted by molar-refractivity contribution is 6.32. The zero-order valence-electron chi connectivity index (χ0n) is 19.5. The summed E-state index contributed by atoms with van der Waals surface area (Å²) < 4.78 is 6.07. The van der Waals surface area contributed by atoms with Gasteiger partial charge in [-0.1, -0.05) is 59.6 Å². The molecule has 184 valence electrons. The molecule has 0 aromatic heterocycles. The first-order valence-corrected chi connectivity index (χ1v) is 12.1. The van der Waals surface area contributed by atoms with Crippen LogP contribution >= 0.6 is 23.2 Å². The Morgan fingerprint density at radius 1 is 1.03 bits per heavy atom. The molecule has 4 aromatic carbocycles. The van der Waals surface area contributed by atoms with Crippen LogP contribution in [0.1, 0.15) is 34.5 Å². The van der Waals surface area contributed by atoms with Crippen LogP contribution in [0.25, 0.3) is 10.8 Å². The molecule has 0 saturated heterocycles. The van der Waals surface area contributed by atoms with Crippen LogP contribution in [0.3, 0.4) is 0 Å². The lowest BCUT2D eigenvalue weighted by Crippen LogP contribution is -2.24. The van der Waals surface area contributed by atoms with Crippen molar-refractivity contribution in [2.75, 3.05) is 13.2 Å². The summed E-state index contributed by atoms with van der Waals surface area (Å²) in [6.07, 6.45) is 1.58. The Bertz CT molecular complexity index is 1390. The second-order valence-electron chi connectivity index (χ2n) is 8.14. The minimum Gasteiger partial charge on any atom is -0.506 e. The third kappa shape index (κ3) is 6.34. The molecule has 4 aromatic rings. The van der Waals surface area contributed by atoms with E-state index >= 15 is 0 Å². The molecule has 0 aliphatic carbocycles. The van der Waals surface area contributed by atoms with Gasteiger partial charge >= 0.3 is 0 Å². The van der Waals surface area contributed by atoms with Gasteiger partial charge < -0.3 is 15.2 Å². The van der Waals surface area contributed by atoms with E-state index in [1.807, 2.05) is 60.7 Å². The fraction of sp³-hybridized carbons (Fsp3) is 0.143. The Labute approximate surface area is 219 Å². The molecule has 6 nitrogen and oxygen atoms in total. The van der Waals surface area contributed by atoms with E-state index in [4.69, 9.17) is 27.9 Å². The van der Waals surface area contributed by atoms with Crippen molar-refractivity contribution >= 4 is 46.1 Å². The maximum Gasteiger partial charge on any atom is 0.271 e. The Kier molecular flexibility index (Phi) is 8.44. The third-order valence-electron chi connectivity index (χ3n) is 5.68. The minimum absolute atomic E-state index is 0.0858. The quantitative estimate of drug-likeness (QED) is 0.136. The first kappa shape index (κ1) is 25.5. The van der Waals surface area contributed by atoms with Gasteiger partial charge in [0.25, 0.3) is 5.91 Å². The molecule has 8 heteroatoms. The molecule has 36 heavy (non-hydrogen) atoms. The lowest BCUT2D eigenvalue weighted by Gasteiger charge is -2.16. The van der Waals surface area contributed by atoms with Crippen molar-refractivity contribution in [3.05, 3.63) is 106 Å². The molecule has 4 rings (SSSR count). The van der Waals surface area contributed by atoms with E-state index in [9.17, 15) is 9.90 Å². The number of phenolic OH excluding ortho intramolecular Hbond substituents is 1. The van der Waals surface area contributed by atoms with E-state index in [0.29, 0.717) is 18.7 Å². The van der Waals surface area contributed by atoms with Crippen LogP contribution in [0.4, 0.5) is 0 Å². The first-order chi connectivity index (χ1) is 17.4. The van der Waals surface area contributed by atoms with E-state index < -0.39 is 5.91 Å². The third-order valence-corrected chi connectivity index (χ3v) is 6.23. The second-order valence-corrected chi connectivity index (χ2v) is 8.98. The van der Waals surface area contributed by atoms with Gasteiger partial charge in [0.15, 0.2) is 0 Å². The van der Waals surface area contributed by atoms with Crippen LogP contribution in [0, 0.1) is 0 Å². The van der Waals surface area contributed by atoms with E-state index in [1.54, 1.807) is 6.21 Å². The summed E-state index contributed by atoms with van der Waals surface area (Å²) in [6.45, 7) is 3.27. The Hall–Kier alpha value is -3.58. The molecule has 0 aliphatic rings. The number of carbonyl (C=O) groups excluding carboxylic acids is 1. The average molecular weight is 522 g/mol. The Balaban J connectivity index is 1.38. The number of aromatic hydroxyl groups is 1. The maximum atomic E-state index is 12.3. The summed E-state index contributed by atoms with van der Waals surface area (Å²) in [7, 11) is 0. The molecule has 0 spiro atoms. The number of hydrogen-bond donors (Lipinski definition) is 3. The number of ether oxygens (including phenoxy) is 1. The highest BCUT2D eigenvalue weighted by Gasteiger charge is 2.09. The van der Waals surface area contributed by atoms with Gasteiger partial charge in [0.05, 0.1) is 11.2 Å². The zero-order chi connectivity index (χ0) is 25.5. The SMILES string of the molecule is CC(NCCOc1ccc(C=NNC(=O)c2ccc(O)c(Cl)c2)c2ccccc12)c1ccc(Cl)cc1. The van der Waals surface area contributed by atoms with Gasteiger partial charge in [-0.05, 0) is 60.3 Å². The number of carbonyl (C=O) groups is 1. The normalized spacial score (nSPS) is 12.1. The molecule has 1 unspecified atom stereocenters. The van der Waals surface area contributed by atoms with Crippen molar-refractivity contribution in [2.24, 2.45) is 5.10 Å². The van der Waals surface area contributed by atoms with Gasteiger partial charge in [-0.25, -0.2) is 5.43 Å². The van der Waals surface area contributed by atoms with Gasteiger partial charge in [-0.2, -0.15) is 5.10 Å². The van der Waals surface area contributed by atoms with Gasteiger partial charge in [-0.3, -0.25) is 4.79 Å². The summed E-state index contributed by atoms with van der Waals surface area (Å²) in [4.78, 5) is 12.3. The smallest absolute Gasteiger partial charge is 0.271 e. The number of hydrogen-bond acceptors (Lipinski definition) is 5. The lowest BCUT2D eigenvalue weighted by molar-refractivity contribution is 0.0955. The Morgan fingerprint density at radius 3 is 2.53 bits per heavy atom.